The van der Waals surface area contributed by atoms with E-state index in [1.165, 1.54) is 12.8 Å². The molecule has 3 atom stereocenters. The fraction of sp³-hybridized carbons (Fsp3) is 0.765. The first kappa shape index (κ1) is 17.2. The molecule has 2 aliphatic carbocycles. The predicted octanol–water partition coefficient (Wildman–Crippen LogP) is 1.86. The number of hydrogen-bond donors (Lipinski definition) is 3. The van der Waals surface area contributed by atoms with Crippen molar-refractivity contribution in [2.24, 2.45) is 16.6 Å². The number of allylic oxidation sites excluding steroid dienone is 1. The van der Waals surface area contributed by atoms with Gasteiger partial charge < -0.3 is 21.0 Å². The van der Waals surface area contributed by atoms with Crippen molar-refractivity contribution in [3.8, 4) is 0 Å². The van der Waals surface area contributed by atoms with Crippen molar-refractivity contribution in [3.05, 3.63) is 12.2 Å². The fourth-order valence-corrected chi connectivity index (χ4v) is 3.20. The Hall–Kier alpha value is -1.20. The van der Waals surface area contributed by atoms with E-state index in [0.29, 0.717) is 17.1 Å². The molecule has 0 amide bonds. The molecule has 0 spiro atoms. The van der Waals surface area contributed by atoms with Gasteiger partial charge in [-0.3, -0.25) is 4.79 Å². The molecule has 124 valence electrons. The highest BCUT2D eigenvalue weighted by atomic mass is 16.4. The van der Waals surface area contributed by atoms with Crippen LogP contribution in [0.5, 0.6) is 0 Å². The molecule has 2 aliphatic rings. The average Bonchev–Trinajstić information content (AvgIpc) is 3.26. The third kappa shape index (κ3) is 3.76. The van der Waals surface area contributed by atoms with Crippen molar-refractivity contribution in [1.82, 2.24) is 5.32 Å². The van der Waals surface area contributed by atoms with E-state index in [0.717, 1.165) is 12.8 Å². The minimum Gasteiger partial charge on any atom is -0.481 e. The number of aldehydes is 1. The van der Waals surface area contributed by atoms with Gasteiger partial charge in [-0.25, -0.2) is 0 Å². The summed E-state index contributed by atoms with van der Waals surface area (Å²) in [6.07, 6.45) is 8.98. The van der Waals surface area contributed by atoms with Crippen molar-refractivity contribution in [1.29, 1.82) is 0 Å². The quantitative estimate of drug-likeness (QED) is 0.470. The summed E-state index contributed by atoms with van der Waals surface area (Å²) in [5.74, 6) is -0.982. The molecule has 5 heteroatoms. The van der Waals surface area contributed by atoms with E-state index >= 15 is 0 Å². The van der Waals surface area contributed by atoms with Crippen LogP contribution >= 0.6 is 0 Å². The Bertz CT molecular complexity index is 477. The molecular weight excluding hydrogens is 280 g/mol. The van der Waals surface area contributed by atoms with Gasteiger partial charge in [-0.15, -0.1) is 0 Å². The second kappa shape index (κ2) is 5.78. The summed E-state index contributed by atoms with van der Waals surface area (Å²) in [7, 11) is 0. The second-order valence-corrected chi connectivity index (χ2v) is 8.01. The largest absolute Gasteiger partial charge is 0.481 e. The summed E-state index contributed by atoms with van der Waals surface area (Å²) in [6, 6.07) is -0.672. The average molecular weight is 308 g/mol. The normalized spacial score (nSPS) is 31.0. The zero-order valence-corrected chi connectivity index (χ0v) is 13.8. The van der Waals surface area contributed by atoms with E-state index in [1.54, 1.807) is 0 Å². The Balaban J connectivity index is 1.83. The van der Waals surface area contributed by atoms with Crippen LogP contribution in [0.2, 0.25) is 0 Å². The first-order valence-electron chi connectivity index (χ1n) is 8.02. The van der Waals surface area contributed by atoms with Crippen molar-refractivity contribution in [3.63, 3.8) is 0 Å². The first-order chi connectivity index (χ1) is 10.1. The zero-order valence-electron chi connectivity index (χ0n) is 13.8. The highest BCUT2D eigenvalue weighted by Gasteiger charge is 2.52. The molecule has 2 rings (SSSR count). The van der Waals surface area contributed by atoms with Crippen LogP contribution in [0.1, 0.15) is 52.9 Å². The molecule has 0 aromatic rings. The molecule has 5 nitrogen and oxygen atoms in total. The zero-order chi connectivity index (χ0) is 16.6. The minimum absolute atomic E-state index is 0.0110. The SMILES string of the molecule is CC(C)(C)C1(CC=CC2(N)CC2N[C@H](C=O)CC(=O)O)CC1. The number of carbonyl (C=O) groups is 2. The molecule has 0 bridgehead atoms. The van der Waals surface area contributed by atoms with Crippen LogP contribution in [-0.4, -0.2) is 35.0 Å². The van der Waals surface area contributed by atoms with Gasteiger partial charge in [-0.1, -0.05) is 32.9 Å². The van der Waals surface area contributed by atoms with Crippen molar-refractivity contribution in [2.45, 2.75) is 70.5 Å². The lowest BCUT2D eigenvalue weighted by molar-refractivity contribution is -0.138. The number of aliphatic carboxylic acids is 1. The lowest BCUT2D eigenvalue weighted by Gasteiger charge is -2.30. The van der Waals surface area contributed by atoms with Crippen LogP contribution in [-0.2, 0) is 9.59 Å². The molecule has 2 fully saturated rings. The van der Waals surface area contributed by atoms with Crippen molar-refractivity contribution >= 4 is 12.3 Å². The van der Waals surface area contributed by atoms with Gasteiger partial charge in [0.05, 0.1) is 18.0 Å². The summed E-state index contributed by atoms with van der Waals surface area (Å²) in [5, 5.41) is 11.8. The van der Waals surface area contributed by atoms with E-state index in [2.05, 4.69) is 32.2 Å². The summed E-state index contributed by atoms with van der Waals surface area (Å²) >= 11 is 0. The standard InChI is InChI=1S/C17H28N2O3/c1-15(2,3)16(7-8-16)5-4-6-17(18)10-13(17)19-12(11-20)9-14(21)22/h4,6,11-13,19H,5,7-10,18H2,1-3H3,(H,21,22)/t12-,13?,17?/m0/s1. The minimum atomic E-state index is -0.982. The van der Waals surface area contributed by atoms with Crippen molar-refractivity contribution < 1.29 is 14.7 Å². The Labute approximate surface area is 132 Å². The summed E-state index contributed by atoms with van der Waals surface area (Å²) in [4.78, 5) is 21.6. The number of carboxylic acid groups (broad SMARTS) is 1. The summed E-state index contributed by atoms with van der Waals surface area (Å²) in [5.41, 5.74) is 6.55. The number of hydrogen-bond acceptors (Lipinski definition) is 4. The van der Waals surface area contributed by atoms with Crippen molar-refractivity contribution in [2.75, 3.05) is 0 Å². The maximum atomic E-state index is 10.9. The highest BCUT2D eigenvalue weighted by molar-refractivity contribution is 5.73. The lowest BCUT2D eigenvalue weighted by atomic mass is 9.75. The fourth-order valence-electron chi connectivity index (χ4n) is 3.20. The Morgan fingerprint density at radius 2 is 2.09 bits per heavy atom. The molecule has 0 aromatic heterocycles. The number of rotatable bonds is 8. The molecule has 22 heavy (non-hydrogen) atoms. The Kier molecular flexibility index (Phi) is 4.51. The number of carbonyl (C=O) groups excluding carboxylic acids is 1. The lowest BCUT2D eigenvalue weighted by Crippen LogP contribution is -2.40. The van der Waals surface area contributed by atoms with Gasteiger partial charge in [0.15, 0.2) is 0 Å². The molecule has 4 N–H and O–H groups in total. The Morgan fingerprint density at radius 3 is 2.55 bits per heavy atom. The smallest absolute Gasteiger partial charge is 0.305 e. The number of carboxylic acids is 1. The first-order valence-corrected chi connectivity index (χ1v) is 8.02. The van der Waals surface area contributed by atoms with E-state index < -0.39 is 17.6 Å². The predicted molar refractivity (Wildman–Crippen MR) is 85.4 cm³/mol. The van der Waals surface area contributed by atoms with Gasteiger partial charge in [-0.05, 0) is 36.5 Å². The van der Waals surface area contributed by atoms with E-state index in [9.17, 15) is 9.59 Å². The van der Waals surface area contributed by atoms with Gasteiger partial charge >= 0.3 is 5.97 Å². The molecule has 2 saturated carbocycles. The van der Waals surface area contributed by atoms with Crippen LogP contribution in [0.15, 0.2) is 12.2 Å². The molecular formula is C17H28N2O3. The maximum Gasteiger partial charge on any atom is 0.305 e. The Morgan fingerprint density at radius 1 is 1.45 bits per heavy atom. The van der Waals surface area contributed by atoms with E-state index in [1.807, 2.05) is 6.08 Å². The molecule has 2 unspecified atom stereocenters. The van der Waals surface area contributed by atoms with Crippen LogP contribution in [0.3, 0.4) is 0 Å². The topological polar surface area (TPSA) is 92.4 Å². The number of nitrogens with two attached hydrogens (primary N) is 1. The van der Waals surface area contributed by atoms with Crippen LogP contribution in [0.25, 0.3) is 0 Å². The van der Waals surface area contributed by atoms with Crippen LogP contribution in [0, 0.1) is 10.8 Å². The molecule has 0 heterocycles. The van der Waals surface area contributed by atoms with Gasteiger partial charge in [0.1, 0.15) is 6.29 Å². The molecule has 0 aromatic carbocycles. The highest BCUT2D eigenvalue weighted by Crippen LogP contribution is 2.61. The van der Waals surface area contributed by atoms with Crippen LogP contribution < -0.4 is 11.1 Å². The monoisotopic (exact) mass is 308 g/mol. The van der Waals surface area contributed by atoms with Crippen LogP contribution in [0.4, 0.5) is 0 Å². The summed E-state index contributed by atoms with van der Waals surface area (Å²) in [6.45, 7) is 6.86. The van der Waals surface area contributed by atoms with Gasteiger partial charge in [0, 0.05) is 6.04 Å². The third-order valence-corrected chi connectivity index (χ3v) is 5.40. The number of nitrogens with one attached hydrogen (secondary N) is 1. The second-order valence-electron chi connectivity index (χ2n) is 8.01. The molecule has 0 radical (unpaired) electrons. The maximum absolute atomic E-state index is 10.9. The third-order valence-electron chi connectivity index (χ3n) is 5.40. The van der Waals surface area contributed by atoms with E-state index in [4.69, 9.17) is 10.8 Å². The summed E-state index contributed by atoms with van der Waals surface area (Å²) < 4.78 is 0. The molecule has 0 aliphatic heterocycles. The van der Waals surface area contributed by atoms with Gasteiger partial charge in [0.2, 0.25) is 0 Å². The molecule has 0 saturated heterocycles. The van der Waals surface area contributed by atoms with Gasteiger partial charge in [0.25, 0.3) is 0 Å². The van der Waals surface area contributed by atoms with Gasteiger partial charge in [-0.2, -0.15) is 0 Å². The van der Waals surface area contributed by atoms with E-state index in [-0.39, 0.29) is 12.5 Å².